The minimum Gasteiger partial charge on any atom is -0.476 e. The quantitative estimate of drug-likeness (QED) is 0.385. The fraction of sp³-hybridized carbons (Fsp3) is 0.800. The first-order chi connectivity index (χ1) is 19.4. The fourth-order valence-electron chi connectivity index (χ4n) is 7.93. The predicted molar refractivity (Wildman–Crippen MR) is 146 cm³/mol. The van der Waals surface area contributed by atoms with Gasteiger partial charge in [-0.3, -0.25) is 9.59 Å². The lowest BCUT2D eigenvalue weighted by molar-refractivity contribution is -0.255. The molecule has 3 atom stereocenters. The number of hydrogen-bond acceptors (Lipinski definition) is 10. The molecule has 1 aromatic heterocycles. The molecule has 3 saturated heterocycles. The molecule has 0 N–H and O–H groups in total. The Morgan fingerprint density at radius 2 is 1.77 bits per heavy atom. The summed E-state index contributed by atoms with van der Waals surface area (Å²) >= 11 is 0. The number of carbonyl (C=O) groups excluding carboxylic acids is 2. The Kier molecular flexibility index (Phi) is 6.88. The van der Waals surface area contributed by atoms with Gasteiger partial charge in [0.2, 0.25) is 17.5 Å². The highest BCUT2D eigenvalue weighted by Crippen LogP contribution is 2.56. The minimum absolute atomic E-state index is 0.0438. The zero-order valence-electron chi connectivity index (χ0n) is 23.7. The second-order valence-corrected chi connectivity index (χ2v) is 12.8. The van der Waals surface area contributed by atoms with Gasteiger partial charge in [0, 0.05) is 31.6 Å². The number of hydrogen-bond donors (Lipinski definition) is 0. The number of Topliss-reactive ketones (excluding diaryl/α,β-unsaturated/α-hetero) is 2. The molecule has 10 heteroatoms. The van der Waals surface area contributed by atoms with Gasteiger partial charge in [-0.05, 0) is 65.0 Å². The van der Waals surface area contributed by atoms with Gasteiger partial charge in [-0.1, -0.05) is 12.8 Å². The van der Waals surface area contributed by atoms with Gasteiger partial charge >= 0.3 is 0 Å². The zero-order chi connectivity index (χ0) is 27.4. The van der Waals surface area contributed by atoms with Crippen LogP contribution in [0.2, 0.25) is 0 Å². The number of aromatic nitrogens is 2. The molecule has 0 unspecified atom stereocenters. The average molecular weight is 555 g/mol. The molecule has 10 nitrogen and oxygen atoms in total. The molecule has 0 bridgehead atoms. The molecule has 3 aliphatic heterocycles. The molecule has 1 aromatic rings. The summed E-state index contributed by atoms with van der Waals surface area (Å²) in [7, 11) is 2.12. The van der Waals surface area contributed by atoms with Crippen LogP contribution in [0.4, 0.5) is 5.82 Å². The van der Waals surface area contributed by atoms with E-state index >= 15 is 0 Å². The van der Waals surface area contributed by atoms with Crippen molar-refractivity contribution in [1.29, 1.82) is 0 Å². The molecule has 3 spiro atoms. The van der Waals surface area contributed by atoms with Gasteiger partial charge in [0.05, 0.1) is 36.8 Å². The summed E-state index contributed by atoms with van der Waals surface area (Å²) in [5, 5.41) is 0. The number of rotatable bonds is 6. The molecular formula is C30H42N4O6. The Hall–Kier alpha value is -2.14. The third-order valence-corrected chi connectivity index (χ3v) is 10.4. The lowest BCUT2D eigenvalue weighted by Gasteiger charge is -2.51. The maximum absolute atomic E-state index is 14.3. The number of morpholine rings is 1. The van der Waals surface area contributed by atoms with Crippen LogP contribution >= 0.6 is 0 Å². The second kappa shape index (κ2) is 10.3. The molecule has 0 radical (unpaired) electrons. The summed E-state index contributed by atoms with van der Waals surface area (Å²) in [5.74, 6) is -0.869. The van der Waals surface area contributed by atoms with E-state index in [4.69, 9.17) is 23.9 Å². The van der Waals surface area contributed by atoms with Crippen molar-refractivity contribution in [2.75, 3.05) is 58.0 Å². The molecule has 0 aromatic carbocycles. The highest BCUT2D eigenvalue weighted by Gasteiger charge is 2.63. The van der Waals surface area contributed by atoms with E-state index in [1.165, 1.54) is 0 Å². The number of fused-ring (bicyclic) bond motifs is 1. The first-order valence-electron chi connectivity index (χ1n) is 15.4. The van der Waals surface area contributed by atoms with Gasteiger partial charge in [-0.25, -0.2) is 4.98 Å². The maximum Gasteiger partial charge on any atom is 0.219 e. The van der Waals surface area contributed by atoms with E-state index in [1.54, 1.807) is 0 Å². The van der Waals surface area contributed by atoms with Crippen LogP contribution in [-0.4, -0.2) is 97.0 Å². The van der Waals surface area contributed by atoms with Gasteiger partial charge in [-0.2, -0.15) is 4.98 Å². The van der Waals surface area contributed by atoms with E-state index < -0.39 is 17.1 Å². The van der Waals surface area contributed by atoms with Gasteiger partial charge < -0.3 is 28.7 Å². The molecule has 40 heavy (non-hydrogen) atoms. The largest absolute Gasteiger partial charge is 0.476 e. The number of ketones is 2. The normalized spacial score (nSPS) is 33.2. The van der Waals surface area contributed by atoms with Crippen LogP contribution < -0.4 is 9.64 Å². The standard InChI is InChI=1S/C30H42N4O6/c1-33-13-5-6-21(33)19-37-24-18-23(34-14-15-38-28(20-34)11-12-28)31-27(32-24)25(35)22-7-4-9-29(26(22)36)8-2-3-10-30(29)39-16-17-40-30/h18,21-22H,2-17,19-20H2,1H3/t21-,22-,29-/m0/s1. The van der Waals surface area contributed by atoms with Crippen LogP contribution in [0.1, 0.15) is 81.2 Å². The lowest BCUT2D eigenvalue weighted by atomic mass is 9.57. The van der Waals surface area contributed by atoms with Crippen molar-refractivity contribution in [1.82, 2.24) is 14.9 Å². The lowest BCUT2D eigenvalue weighted by Crippen LogP contribution is -2.60. The smallest absolute Gasteiger partial charge is 0.219 e. The Bertz CT molecular complexity index is 1150. The van der Waals surface area contributed by atoms with Crippen molar-refractivity contribution >= 4 is 17.4 Å². The van der Waals surface area contributed by atoms with Crippen LogP contribution in [-0.2, 0) is 19.0 Å². The molecule has 4 heterocycles. The van der Waals surface area contributed by atoms with Gasteiger partial charge in [0.1, 0.15) is 12.4 Å². The van der Waals surface area contributed by atoms with Crippen molar-refractivity contribution < 1.29 is 28.5 Å². The SMILES string of the molecule is CN1CCC[C@H]1COc1cc(N2CCOC3(CC3)C2)nc(C(=O)[C@@H]2CCC[C@@]3(CCCCC34OCCO4)C2=O)n1. The van der Waals surface area contributed by atoms with E-state index in [2.05, 4.69) is 21.8 Å². The minimum atomic E-state index is -0.891. The Labute approximate surface area is 236 Å². The predicted octanol–water partition coefficient (Wildman–Crippen LogP) is 3.17. The highest BCUT2D eigenvalue weighted by atomic mass is 16.7. The molecular weight excluding hydrogens is 512 g/mol. The van der Waals surface area contributed by atoms with Crippen LogP contribution in [0.5, 0.6) is 5.88 Å². The van der Waals surface area contributed by atoms with Gasteiger partial charge in [0.15, 0.2) is 11.6 Å². The van der Waals surface area contributed by atoms with Crippen molar-refractivity contribution in [2.45, 2.75) is 88.1 Å². The first-order valence-corrected chi connectivity index (χ1v) is 15.4. The summed E-state index contributed by atoms with van der Waals surface area (Å²) in [5.41, 5.74) is -0.865. The molecule has 6 fully saturated rings. The Morgan fingerprint density at radius 1 is 0.975 bits per heavy atom. The first kappa shape index (κ1) is 26.7. The molecule has 3 aliphatic carbocycles. The summed E-state index contributed by atoms with van der Waals surface area (Å²) < 4.78 is 24.6. The van der Waals surface area contributed by atoms with E-state index in [9.17, 15) is 9.59 Å². The molecule has 218 valence electrons. The summed E-state index contributed by atoms with van der Waals surface area (Å²) in [6, 6.07) is 2.18. The monoisotopic (exact) mass is 554 g/mol. The summed E-state index contributed by atoms with van der Waals surface area (Å²) in [6.07, 6.45) is 9.63. The zero-order valence-corrected chi connectivity index (χ0v) is 23.7. The number of carbonyl (C=O) groups is 2. The third-order valence-electron chi connectivity index (χ3n) is 10.4. The average Bonchev–Trinajstić information content (AvgIpc) is 3.32. The summed E-state index contributed by atoms with van der Waals surface area (Å²) in [6.45, 7) is 4.62. The van der Waals surface area contributed by atoms with Crippen LogP contribution in [0.25, 0.3) is 0 Å². The third kappa shape index (κ3) is 4.55. The van der Waals surface area contributed by atoms with Crippen molar-refractivity contribution in [3.05, 3.63) is 11.9 Å². The summed E-state index contributed by atoms with van der Waals surface area (Å²) in [4.78, 5) is 42.3. The van der Waals surface area contributed by atoms with Gasteiger partial charge in [-0.15, -0.1) is 0 Å². The Balaban J connectivity index is 1.18. The fourth-order valence-corrected chi connectivity index (χ4v) is 7.93. The maximum atomic E-state index is 14.3. The number of nitrogens with zero attached hydrogens (tertiary/aromatic N) is 4. The topological polar surface area (TPSA) is 103 Å². The number of anilines is 1. The number of likely N-dealkylation sites (tertiary alicyclic amines) is 1. The second-order valence-electron chi connectivity index (χ2n) is 12.8. The van der Waals surface area contributed by atoms with E-state index in [0.29, 0.717) is 76.4 Å². The van der Waals surface area contributed by atoms with E-state index in [-0.39, 0.29) is 23.0 Å². The molecule has 7 rings (SSSR count). The van der Waals surface area contributed by atoms with Gasteiger partial charge in [0.25, 0.3) is 0 Å². The molecule has 0 amide bonds. The van der Waals surface area contributed by atoms with Crippen LogP contribution in [0.15, 0.2) is 6.07 Å². The van der Waals surface area contributed by atoms with E-state index in [1.807, 2.05) is 6.07 Å². The van der Waals surface area contributed by atoms with Crippen LogP contribution in [0, 0.1) is 11.3 Å². The van der Waals surface area contributed by atoms with E-state index in [0.717, 1.165) is 58.0 Å². The number of likely N-dealkylation sites (N-methyl/N-ethyl adjacent to an activating group) is 1. The molecule has 3 saturated carbocycles. The molecule has 6 aliphatic rings. The number of ether oxygens (including phenoxy) is 4. The van der Waals surface area contributed by atoms with Crippen molar-refractivity contribution in [3.63, 3.8) is 0 Å². The van der Waals surface area contributed by atoms with Crippen molar-refractivity contribution in [3.8, 4) is 5.88 Å². The van der Waals surface area contributed by atoms with Crippen LogP contribution in [0.3, 0.4) is 0 Å². The van der Waals surface area contributed by atoms with Crippen molar-refractivity contribution in [2.24, 2.45) is 11.3 Å². The Morgan fingerprint density at radius 3 is 2.55 bits per heavy atom. The highest BCUT2D eigenvalue weighted by molar-refractivity contribution is 6.11.